The van der Waals surface area contributed by atoms with Crippen molar-refractivity contribution in [3.05, 3.63) is 46.6 Å². The van der Waals surface area contributed by atoms with Gasteiger partial charge in [0.1, 0.15) is 10.7 Å². The molecule has 0 aliphatic rings. The predicted molar refractivity (Wildman–Crippen MR) is 78.5 cm³/mol. The van der Waals surface area contributed by atoms with Crippen molar-refractivity contribution in [2.24, 2.45) is 0 Å². The molecule has 3 rings (SSSR count). The van der Waals surface area contributed by atoms with Gasteiger partial charge < -0.3 is 4.74 Å². The van der Waals surface area contributed by atoms with Gasteiger partial charge in [-0.25, -0.2) is 0 Å². The Labute approximate surface area is 123 Å². The Morgan fingerprint density at radius 1 is 1.21 bits per heavy atom. The number of benzene rings is 1. The van der Waals surface area contributed by atoms with E-state index >= 15 is 0 Å². The summed E-state index contributed by atoms with van der Waals surface area (Å²) in [6.07, 6.45) is 1.73. The normalized spacial score (nSPS) is 10.8. The number of aromatic nitrogens is 2. The molecule has 0 bridgehead atoms. The molecule has 1 aromatic carbocycles. The summed E-state index contributed by atoms with van der Waals surface area (Å²) in [5.74, 6) is 0.984. The minimum absolute atomic E-state index is 0.327. The average molecular weight is 311 g/mol. The summed E-state index contributed by atoms with van der Waals surface area (Å²) >= 11 is 13.0. The molecule has 0 saturated heterocycles. The second-order valence-electron chi connectivity index (χ2n) is 3.76. The fourth-order valence-corrected chi connectivity index (χ4v) is 3.02. The fraction of sp³-hybridized carbons (Fsp3) is 0.0769. The summed E-state index contributed by atoms with van der Waals surface area (Å²) in [6.45, 7) is 0. The van der Waals surface area contributed by atoms with Crippen molar-refractivity contribution in [2.75, 3.05) is 0 Å². The number of halogens is 2. The molecule has 19 heavy (non-hydrogen) atoms. The predicted octanol–water partition coefficient (Wildman–Crippen LogP) is 4.88. The van der Waals surface area contributed by atoms with E-state index in [0.29, 0.717) is 22.0 Å². The van der Waals surface area contributed by atoms with Crippen molar-refractivity contribution in [2.45, 2.75) is 5.88 Å². The van der Waals surface area contributed by atoms with Gasteiger partial charge in [-0.3, -0.25) is 4.98 Å². The number of nitrogens with zero attached hydrogens (tertiary/aromatic N) is 2. The second-order valence-corrected chi connectivity index (χ2v) is 5.43. The van der Waals surface area contributed by atoms with Crippen LogP contribution in [0.3, 0.4) is 0 Å². The zero-order valence-corrected chi connectivity index (χ0v) is 12.0. The monoisotopic (exact) mass is 310 g/mol. The SMILES string of the molecule is ClCc1sc(Oc2cccc3cccnc23)nc1Cl. The molecule has 0 fully saturated rings. The van der Waals surface area contributed by atoms with Gasteiger partial charge in [-0.05, 0) is 12.1 Å². The van der Waals surface area contributed by atoms with Gasteiger partial charge in [-0.1, -0.05) is 41.1 Å². The third kappa shape index (κ3) is 2.52. The van der Waals surface area contributed by atoms with Crippen molar-refractivity contribution in [1.82, 2.24) is 9.97 Å². The fourth-order valence-electron chi connectivity index (χ4n) is 1.69. The first-order chi connectivity index (χ1) is 9.28. The summed E-state index contributed by atoms with van der Waals surface area (Å²) in [5, 5.41) is 1.88. The molecule has 0 aliphatic carbocycles. The van der Waals surface area contributed by atoms with Crippen LogP contribution in [0.5, 0.6) is 10.9 Å². The van der Waals surface area contributed by atoms with Crippen LogP contribution in [0, 0.1) is 0 Å². The number of hydrogen-bond acceptors (Lipinski definition) is 4. The maximum absolute atomic E-state index is 5.95. The van der Waals surface area contributed by atoms with E-state index in [1.54, 1.807) is 6.20 Å². The van der Waals surface area contributed by atoms with E-state index in [4.69, 9.17) is 27.9 Å². The van der Waals surface area contributed by atoms with Crippen molar-refractivity contribution < 1.29 is 4.74 Å². The largest absolute Gasteiger partial charge is 0.429 e. The summed E-state index contributed by atoms with van der Waals surface area (Å²) in [7, 11) is 0. The third-order valence-electron chi connectivity index (χ3n) is 2.54. The molecule has 0 radical (unpaired) electrons. The summed E-state index contributed by atoms with van der Waals surface area (Å²) < 4.78 is 5.76. The molecule has 2 aromatic heterocycles. The van der Waals surface area contributed by atoms with Crippen LogP contribution < -0.4 is 4.74 Å². The molecule has 0 atom stereocenters. The quantitative estimate of drug-likeness (QED) is 0.647. The number of para-hydroxylation sites is 1. The van der Waals surface area contributed by atoms with Gasteiger partial charge in [0.05, 0.1) is 10.8 Å². The van der Waals surface area contributed by atoms with Crippen LogP contribution >= 0.6 is 34.5 Å². The van der Waals surface area contributed by atoms with Crippen LogP contribution in [0.25, 0.3) is 10.9 Å². The number of fused-ring (bicyclic) bond motifs is 1. The number of alkyl halides is 1. The standard InChI is InChI=1S/C13H8Cl2N2OS/c14-7-10-12(15)17-13(19-10)18-9-5-1-3-8-4-2-6-16-11(8)9/h1-6H,7H2. The van der Waals surface area contributed by atoms with E-state index in [1.807, 2.05) is 30.3 Å². The van der Waals surface area contributed by atoms with Crippen LogP contribution in [0.1, 0.15) is 4.88 Å². The van der Waals surface area contributed by atoms with Crippen LogP contribution in [-0.4, -0.2) is 9.97 Å². The highest BCUT2D eigenvalue weighted by Gasteiger charge is 2.11. The van der Waals surface area contributed by atoms with Crippen molar-refractivity contribution in [3.8, 4) is 10.9 Å². The number of ether oxygens (including phenoxy) is 1. The van der Waals surface area contributed by atoms with Gasteiger partial charge in [0.15, 0.2) is 5.75 Å². The Kier molecular flexibility index (Phi) is 3.55. The van der Waals surface area contributed by atoms with Gasteiger partial charge in [0, 0.05) is 11.6 Å². The lowest BCUT2D eigenvalue weighted by Gasteiger charge is -2.04. The summed E-state index contributed by atoms with van der Waals surface area (Å²) in [6, 6.07) is 9.61. The van der Waals surface area contributed by atoms with Crippen LogP contribution in [0.4, 0.5) is 0 Å². The molecule has 0 spiro atoms. The van der Waals surface area contributed by atoms with Gasteiger partial charge in [0.2, 0.25) is 0 Å². The second kappa shape index (κ2) is 5.33. The molecule has 0 N–H and O–H groups in total. The minimum atomic E-state index is 0.327. The van der Waals surface area contributed by atoms with Gasteiger partial charge in [-0.2, -0.15) is 4.98 Å². The first-order valence-electron chi connectivity index (χ1n) is 5.50. The molecule has 0 amide bonds. The number of thiazole rings is 1. The van der Waals surface area contributed by atoms with Crippen molar-refractivity contribution >= 4 is 45.4 Å². The van der Waals surface area contributed by atoms with Crippen molar-refractivity contribution in [3.63, 3.8) is 0 Å². The smallest absolute Gasteiger partial charge is 0.280 e. The van der Waals surface area contributed by atoms with E-state index in [1.165, 1.54) is 11.3 Å². The minimum Gasteiger partial charge on any atom is -0.429 e. The van der Waals surface area contributed by atoms with E-state index in [9.17, 15) is 0 Å². The number of rotatable bonds is 3. The summed E-state index contributed by atoms with van der Waals surface area (Å²) in [5.41, 5.74) is 0.795. The van der Waals surface area contributed by atoms with Crippen LogP contribution in [0.15, 0.2) is 36.5 Å². The molecule has 96 valence electrons. The lowest BCUT2D eigenvalue weighted by atomic mass is 10.2. The Morgan fingerprint density at radius 2 is 2.05 bits per heavy atom. The highest BCUT2D eigenvalue weighted by molar-refractivity contribution is 7.14. The number of hydrogen-bond donors (Lipinski definition) is 0. The molecule has 0 saturated carbocycles. The van der Waals surface area contributed by atoms with E-state index < -0.39 is 0 Å². The highest BCUT2D eigenvalue weighted by atomic mass is 35.5. The molecule has 6 heteroatoms. The average Bonchev–Trinajstić information content (AvgIpc) is 2.79. The lowest BCUT2D eigenvalue weighted by molar-refractivity contribution is 0.483. The van der Waals surface area contributed by atoms with Gasteiger partial charge in [-0.15, -0.1) is 11.6 Å². The molecule has 0 unspecified atom stereocenters. The van der Waals surface area contributed by atoms with Crippen molar-refractivity contribution in [1.29, 1.82) is 0 Å². The molecule has 3 aromatic rings. The first kappa shape index (κ1) is 12.7. The van der Waals surface area contributed by atoms with E-state index in [2.05, 4.69) is 9.97 Å². The third-order valence-corrected chi connectivity index (χ3v) is 4.33. The maximum Gasteiger partial charge on any atom is 0.280 e. The molecule has 0 aliphatic heterocycles. The number of pyridine rings is 1. The van der Waals surface area contributed by atoms with Gasteiger partial charge in [0.25, 0.3) is 5.19 Å². The topological polar surface area (TPSA) is 35.0 Å². The first-order valence-corrected chi connectivity index (χ1v) is 7.23. The Bertz CT molecular complexity index is 724. The summed E-state index contributed by atoms with van der Waals surface area (Å²) in [4.78, 5) is 9.25. The lowest BCUT2D eigenvalue weighted by Crippen LogP contribution is -1.86. The van der Waals surface area contributed by atoms with Gasteiger partial charge >= 0.3 is 0 Å². The van der Waals surface area contributed by atoms with Crippen LogP contribution in [0.2, 0.25) is 5.15 Å². The Hall–Kier alpha value is -1.36. The zero-order valence-electron chi connectivity index (χ0n) is 9.64. The molecule has 3 nitrogen and oxygen atoms in total. The van der Waals surface area contributed by atoms with E-state index in [0.717, 1.165) is 15.8 Å². The maximum atomic E-state index is 5.95. The highest BCUT2D eigenvalue weighted by Crippen LogP contribution is 2.34. The Morgan fingerprint density at radius 3 is 2.84 bits per heavy atom. The zero-order chi connectivity index (χ0) is 13.2. The molecule has 2 heterocycles. The molecular formula is C13H8Cl2N2OS. The molecular weight excluding hydrogens is 303 g/mol. The Balaban J connectivity index is 2.00. The van der Waals surface area contributed by atoms with Crippen LogP contribution in [-0.2, 0) is 5.88 Å². The van der Waals surface area contributed by atoms with E-state index in [-0.39, 0.29) is 0 Å².